The number of halogens is 3. The Morgan fingerprint density at radius 1 is 0.974 bits per heavy atom. The molecular weight excluding hydrogens is 499 g/mol. The first-order chi connectivity index (χ1) is 18.2. The van der Waals surface area contributed by atoms with Crippen LogP contribution in [0.15, 0.2) is 54.7 Å². The standard InChI is InChI=1S/C26H30F3N7O2/c1-3-35-12-14-36(15-13-35)17-18-4-5-20(16-22(18)26(27,28)29)33-25(37)32-19-6-8-21(9-7-19)38-23-10-11-31-24(30-2)34-23/h4-11,16H,3,12-15,17H2,1-2H3,(H,30,31,34)(H2,32,33,37). The maximum Gasteiger partial charge on any atom is 0.416 e. The first-order valence-electron chi connectivity index (χ1n) is 12.2. The molecular formula is C26H30F3N7O2. The van der Waals surface area contributed by atoms with Gasteiger partial charge < -0.3 is 25.6 Å². The highest BCUT2D eigenvalue weighted by Gasteiger charge is 2.34. The van der Waals surface area contributed by atoms with Gasteiger partial charge in [0.25, 0.3) is 0 Å². The van der Waals surface area contributed by atoms with Gasteiger partial charge in [-0.2, -0.15) is 18.2 Å². The quantitative estimate of drug-likeness (QED) is 0.373. The number of anilines is 3. The number of alkyl halides is 3. The van der Waals surface area contributed by atoms with Crippen molar-refractivity contribution >= 4 is 23.4 Å². The van der Waals surface area contributed by atoms with Crippen molar-refractivity contribution < 1.29 is 22.7 Å². The van der Waals surface area contributed by atoms with Crippen LogP contribution in [0.4, 0.5) is 35.3 Å². The fraction of sp³-hybridized carbons (Fsp3) is 0.346. The fourth-order valence-electron chi connectivity index (χ4n) is 4.10. The topological polar surface area (TPSA) is 94.7 Å². The van der Waals surface area contributed by atoms with Gasteiger partial charge in [-0.1, -0.05) is 13.0 Å². The number of urea groups is 1. The molecule has 1 aliphatic rings. The van der Waals surface area contributed by atoms with E-state index in [0.29, 0.717) is 36.4 Å². The van der Waals surface area contributed by atoms with Gasteiger partial charge in [0.2, 0.25) is 11.8 Å². The zero-order chi connectivity index (χ0) is 27.1. The number of hydrogen-bond acceptors (Lipinski definition) is 7. The van der Waals surface area contributed by atoms with Gasteiger partial charge in [0.1, 0.15) is 5.75 Å². The summed E-state index contributed by atoms with van der Waals surface area (Å²) in [4.78, 5) is 24.9. The molecule has 0 atom stereocenters. The Balaban J connectivity index is 1.37. The second kappa shape index (κ2) is 12.1. The van der Waals surface area contributed by atoms with Crippen molar-refractivity contribution in [3.63, 3.8) is 0 Å². The number of nitrogens with zero attached hydrogens (tertiary/aromatic N) is 4. The predicted octanol–water partition coefficient (Wildman–Crippen LogP) is 5.11. The van der Waals surface area contributed by atoms with Crippen molar-refractivity contribution in [2.45, 2.75) is 19.6 Å². The molecule has 2 aromatic carbocycles. The summed E-state index contributed by atoms with van der Waals surface area (Å²) in [5, 5.41) is 7.92. The maximum atomic E-state index is 13.8. The van der Waals surface area contributed by atoms with Crippen molar-refractivity contribution in [2.75, 3.05) is 55.7 Å². The van der Waals surface area contributed by atoms with Gasteiger partial charge in [-0.15, -0.1) is 0 Å². The molecule has 0 aliphatic carbocycles. The van der Waals surface area contributed by atoms with E-state index in [1.54, 1.807) is 43.6 Å². The molecule has 2 amide bonds. The van der Waals surface area contributed by atoms with Crippen LogP contribution in [0.5, 0.6) is 11.6 Å². The van der Waals surface area contributed by atoms with Crippen LogP contribution in [0.2, 0.25) is 0 Å². The highest BCUT2D eigenvalue weighted by Crippen LogP contribution is 2.34. The Kier molecular flexibility index (Phi) is 8.64. The average Bonchev–Trinajstić information content (AvgIpc) is 2.90. The third-order valence-corrected chi connectivity index (χ3v) is 6.17. The summed E-state index contributed by atoms with van der Waals surface area (Å²) in [6, 6.07) is 11.3. The molecule has 1 saturated heterocycles. The second-order valence-corrected chi connectivity index (χ2v) is 8.75. The van der Waals surface area contributed by atoms with E-state index in [-0.39, 0.29) is 17.8 Å². The van der Waals surface area contributed by atoms with Crippen LogP contribution in [0.3, 0.4) is 0 Å². The van der Waals surface area contributed by atoms with Crippen LogP contribution in [-0.4, -0.2) is 65.6 Å². The third kappa shape index (κ3) is 7.33. The Hall–Kier alpha value is -3.90. The monoisotopic (exact) mass is 529 g/mol. The highest BCUT2D eigenvalue weighted by molar-refractivity contribution is 5.99. The number of ether oxygens (including phenoxy) is 1. The number of carbonyl (C=O) groups excluding carboxylic acids is 1. The number of aromatic nitrogens is 2. The fourth-order valence-corrected chi connectivity index (χ4v) is 4.10. The largest absolute Gasteiger partial charge is 0.439 e. The van der Waals surface area contributed by atoms with E-state index in [1.807, 2.05) is 4.90 Å². The highest BCUT2D eigenvalue weighted by atomic mass is 19.4. The zero-order valence-corrected chi connectivity index (χ0v) is 21.2. The normalized spacial score (nSPS) is 14.7. The molecule has 0 radical (unpaired) electrons. The first-order valence-corrected chi connectivity index (χ1v) is 12.2. The lowest BCUT2D eigenvalue weighted by Crippen LogP contribution is -2.45. The van der Waals surface area contributed by atoms with Crippen LogP contribution in [-0.2, 0) is 12.7 Å². The predicted molar refractivity (Wildman–Crippen MR) is 140 cm³/mol. The number of carbonyl (C=O) groups is 1. The minimum Gasteiger partial charge on any atom is -0.439 e. The summed E-state index contributed by atoms with van der Waals surface area (Å²) in [5.74, 6) is 1.24. The Labute approximate surface area is 219 Å². The van der Waals surface area contributed by atoms with Crippen molar-refractivity contribution in [3.8, 4) is 11.6 Å². The van der Waals surface area contributed by atoms with Gasteiger partial charge in [-0.3, -0.25) is 4.90 Å². The molecule has 2 heterocycles. The van der Waals surface area contributed by atoms with Gasteiger partial charge >= 0.3 is 12.2 Å². The number of hydrogen-bond donors (Lipinski definition) is 3. The van der Waals surface area contributed by atoms with E-state index < -0.39 is 17.8 Å². The summed E-state index contributed by atoms with van der Waals surface area (Å²) >= 11 is 0. The minimum atomic E-state index is -4.54. The van der Waals surface area contributed by atoms with Crippen molar-refractivity contribution in [3.05, 3.63) is 65.9 Å². The van der Waals surface area contributed by atoms with Crippen molar-refractivity contribution in [1.29, 1.82) is 0 Å². The smallest absolute Gasteiger partial charge is 0.416 e. The van der Waals surface area contributed by atoms with Gasteiger partial charge in [-0.05, 0) is 48.5 Å². The number of amides is 2. The molecule has 1 aromatic heterocycles. The van der Waals surface area contributed by atoms with Gasteiger partial charge in [0.05, 0.1) is 5.56 Å². The van der Waals surface area contributed by atoms with Crippen molar-refractivity contribution in [1.82, 2.24) is 19.8 Å². The molecule has 0 saturated carbocycles. The summed E-state index contributed by atoms with van der Waals surface area (Å²) in [6.07, 6.45) is -2.99. The Morgan fingerprint density at radius 3 is 2.29 bits per heavy atom. The lowest BCUT2D eigenvalue weighted by Gasteiger charge is -2.34. The third-order valence-electron chi connectivity index (χ3n) is 6.17. The molecule has 4 rings (SSSR count). The van der Waals surface area contributed by atoms with E-state index in [0.717, 1.165) is 25.7 Å². The molecule has 1 aliphatic heterocycles. The van der Waals surface area contributed by atoms with E-state index in [9.17, 15) is 18.0 Å². The number of nitrogens with one attached hydrogen (secondary N) is 3. The van der Waals surface area contributed by atoms with E-state index in [1.165, 1.54) is 12.1 Å². The first kappa shape index (κ1) is 27.1. The molecule has 0 unspecified atom stereocenters. The molecule has 38 heavy (non-hydrogen) atoms. The second-order valence-electron chi connectivity index (χ2n) is 8.75. The van der Waals surface area contributed by atoms with E-state index >= 15 is 0 Å². The molecule has 0 spiro atoms. The molecule has 3 N–H and O–H groups in total. The maximum absolute atomic E-state index is 13.8. The summed E-state index contributed by atoms with van der Waals surface area (Å²) < 4.78 is 47.2. The van der Waals surface area contributed by atoms with Gasteiger partial charge in [-0.25, -0.2) is 9.78 Å². The molecule has 3 aromatic rings. The van der Waals surface area contributed by atoms with Gasteiger partial charge in [0, 0.05) is 63.4 Å². The summed E-state index contributed by atoms with van der Waals surface area (Å²) in [7, 11) is 1.69. The van der Waals surface area contributed by atoms with Crippen LogP contribution < -0.4 is 20.7 Å². The Morgan fingerprint density at radius 2 is 1.63 bits per heavy atom. The van der Waals surface area contributed by atoms with Gasteiger partial charge in [0.15, 0.2) is 0 Å². The van der Waals surface area contributed by atoms with Crippen LogP contribution in [0.25, 0.3) is 0 Å². The summed E-state index contributed by atoms with van der Waals surface area (Å²) in [6.45, 7) is 6.32. The lowest BCUT2D eigenvalue weighted by molar-refractivity contribution is -0.138. The molecule has 0 bridgehead atoms. The molecule has 12 heteroatoms. The van der Waals surface area contributed by atoms with Crippen LogP contribution >= 0.6 is 0 Å². The number of likely N-dealkylation sites (N-methyl/N-ethyl adjacent to an activating group) is 1. The average molecular weight is 530 g/mol. The molecule has 202 valence electrons. The number of piperazine rings is 1. The van der Waals surface area contributed by atoms with Crippen LogP contribution in [0, 0.1) is 0 Å². The van der Waals surface area contributed by atoms with E-state index in [2.05, 4.69) is 37.7 Å². The number of benzene rings is 2. The SMILES string of the molecule is CCN1CCN(Cc2ccc(NC(=O)Nc3ccc(Oc4ccnc(NC)n4)cc3)cc2C(F)(F)F)CC1. The van der Waals surface area contributed by atoms with E-state index in [4.69, 9.17) is 4.74 Å². The molecule has 1 fully saturated rings. The molecule has 9 nitrogen and oxygen atoms in total. The number of rotatable bonds is 8. The zero-order valence-electron chi connectivity index (χ0n) is 21.2. The minimum absolute atomic E-state index is 0.0541. The summed E-state index contributed by atoms with van der Waals surface area (Å²) in [5.41, 5.74) is -0.0684. The Bertz CT molecular complexity index is 1230. The van der Waals surface area contributed by atoms with Crippen molar-refractivity contribution in [2.24, 2.45) is 0 Å². The van der Waals surface area contributed by atoms with Crippen LogP contribution in [0.1, 0.15) is 18.1 Å². The lowest BCUT2D eigenvalue weighted by atomic mass is 10.0.